The molecule has 0 fully saturated rings. The quantitative estimate of drug-likeness (QED) is 0.575. The molecule has 0 saturated carbocycles. The highest BCUT2D eigenvalue weighted by atomic mass is 35.5. The number of benzene rings is 2. The molecular formula is C21H21ClN2O2S. The van der Waals surface area contributed by atoms with Crippen molar-refractivity contribution in [2.75, 3.05) is 6.54 Å². The highest BCUT2D eigenvalue weighted by molar-refractivity contribution is 7.13. The molecule has 1 aromatic heterocycles. The lowest BCUT2D eigenvalue weighted by atomic mass is 10.2. The number of carbonyl (C=O) groups excluding carboxylic acids is 1. The second kappa shape index (κ2) is 9.02. The van der Waals surface area contributed by atoms with Gasteiger partial charge in [-0.1, -0.05) is 49.7 Å². The Balaban J connectivity index is 1.75. The molecule has 6 heteroatoms. The number of rotatable bonds is 7. The van der Waals surface area contributed by atoms with Gasteiger partial charge in [-0.25, -0.2) is 4.98 Å². The molecule has 140 valence electrons. The molecule has 0 radical (unpaired) electrons. The van der Waals surface area contributed by atoms with Crippen LogP contribution in [0, 0.1) is 5.92 Å². The first-order valence-electron chi connectivity index (χ1n) is 8.73. The number of nitrogens with one attached hydrogen (secondary N) is 1. The van der Waals surface area contributed by atoms with Gasteiger partial charge in [-0.2, -0.15) is 0 Å². The van der Waals surface area contributed by atoms with E-state index in [1.807, 2.05) is 48.5 Å². The fourth-order valence-electron chi connectivity index (χ4n) is 2.45. The predicted molar refractivity (Wildman–Crippen MR) is 111 cm³/mol. The second-order valence-electron chi connectivity index (χ2n) is 6.56. The zero-order chi connectivity index (χ0) is 19.2. The third kappa shape index (κ3) is 5.31. The Kier molecular flexibility index (Phi) is 6.48. The lowest BCUT2D eigenvalue weighted by Gasteiger charge is -2.10. The van der Waals surface area contributed by atoms with Gasteiger partial charge in [-0.15, -0.1) is 11.3 Å². The summed E-state index contributed by atoms with van der Waals surface area (Å²) in [5, 5.41) is 6.11. The summed E-state index contributed by atoms with van der Waals surface area (Å²) in [5.74, 6) is 0.970. The minimum Gasteiger partial charge on any atom is -0.488 e. The van der Waals surface area contributed by atoms with E-state index >= 15 is 0 Å². The fourth-order valence-corrected chi connectivity index (χ4v) is 3.49. The van der Waals surface area contributed by atoms with E-state index in [0.717, 1.165) is 21.9 Å². The SMILES string of the molecule is CC(C)CNC(=O)c1csc(-c2ccccc2OCc2cccc(Cl)c2)n1. The molecule has 2 aromatic carbocycles. The van der Waals surface area contributed by atoms with Crippen LogP contribution in [-0.2, 0) is 6.61 Å². The lowest BCUT2D eigenvalue weighted by molar-refractivity contribution is 0.0945. The van der Waals surface area contributed by atoms with Gasteiger partial charge in [0, 0.05) is 16.9 Å². The summed E-state index contributed by atoms with van der Waals surface area (Å²) in [4.78, 5) is 16.7. The Morgan fingerprint density at radius 3 is 2.81 bits per heavy atom. The number of hydrogen-bond donors (Lipinski definition) is 1. The normalized spacial score (nSPS) is 10.8. The molecule has 0 saturated heterocycles. The number of hydrogen-bond acceptors (Lipinski definition) is 4. The van der Waals surface area contributed by atoms with Crippen LogP contribution in [0.5, 0.6) is 5.75 Å². The van der Waals surface area contributed by atoms with E-state index in [-0.39, 0.29) is 5.91 Å². The molecule has 0 bridgehead atoms. The number of carbonyl (C=O) groups is 1. The topological polar surface area (TPSA) is 51.2 Å². The molecule has 0 unspecified atom stereocenters. The molecule has 4 nitrogen and oxygen atoms in total. The van der Waals surface area contributed by atoms with Crippen molar-refractivity contribution in [2.24, 2.45) is 5.92 Å². The number of halogens is 1. The number of nitrogens with zero attached hydrogens (tertiary/aromatic N) is 1. The number of amides is 1. The maximum absolute atomic E-state index is 12.2. The van der Waals surface area contributed by atoms with Gasteiger partial charge in [0.05, 0.1) is 5.56 Å². The van der Waals surface area contributed by atoms with Crippen molar-refractivity contribution in [3.05, 3.63) is 70.2 Å². The number of thiazole rings is 1. The summed E-state index contributed by atoms with van der Waals surface area (Å²) < 4.78 is 5.99. The summed E-state index contributed by atoms with van der Waals surface area (Å²) in [6.07, 6.45) is 0. The number of para-hydroxylation sites is 1. The van der Waals surface area contributed by atoms with Crippen LogP contribution in [0.4, 0.5) is 0 Å². The zero-order valence-electron chi connectivity index (χ0n) is 15.2. The molecule has 1 N–H and O–H groups in total. The van der Waals surface area contributed by atoms with E-state index in [9.17, 15) is 4.79 Å². The van der Waals surface area contributed by atoms with Crippen LogP contribution >= 0.6 is 22.9 Å². The molecule has 0 spiro atoms. The minimum absolute atomic E-state index is 0.150. The first kappa shape index (κ1) is 19.4. The maximum Gasteiger partial charge on any atom is 0.270 e. The van der Waals surface area contributed by atoms with Crippen molar-refractivity contribution in [3.8, 4) is 16.3 Å². The van der Waals surface area contributed by atoms with Crippen LogP contribution in [0.2, 0.25) is 5.02 Å². The average molecular weight is 401 g/mol. The van der Waals surface area contributed by atoms with Crippen LogP contribution in [0.25, 0.3) is 10.6 Å². The first-order valence-corrected chi connectivity index (χ1v) is 9.99. The van der Waals surface area contributed by atoms with E-state index in [4.69, 9.17) is 16.3 Å². The molecule has 0 aliphatic rings. The van der Waals surface area contributed by atoms with Gasteiger partial charge in [0.25, 0.3) is 5.91 Å². The predicted octanol–water partition coefficient (Wildman–Crippen LogP) is 5.43. The molecule has 0 aliphatic heterocycles. The van der Waals surface area contributed by atoms with Crippen LogP contribution < -0.4 is 10.1 Å². The van der Waals surface area contributed by atoms with Crippen molar-refractivity contribution in [3.63, 3.8) is 0 Å². The van der Waals surface area contributed by atoms with Crippen molar-refractivity contribution < 1.29 is 9.53 Å². The van der Waals surface area contributed by atoms with E-state index < -0.39 is 0 Å². The third-order valence-corrected chi connectivity index (χ3v) is 4.92. The van der Waals surface area contributed by atoms with Crippen LogP contribution in [0.3, 0.4) is 0 Å². The molecule has 0 aliphatic carbocycles. The number of aromatic nitrogens is 1. The van der Waals surface area contributed by atoms with E-state index in [0.29, 0.717) is 29.8 Å². The van der Waals surface area contributed by atoms with Gasteiger partial charge >= 0.3 is 0 Å². The minimum atomic E-state index is -0.150. The van der Waals surface area contributed by atoms with Gasteiger partial charge in [-0.3, -0.25) is 4.79 Å². The molecule has 27 heavy (non-hydrogen) atoms. The molecule has 3 aromatic rings. The Morgan fingerprint density at radius 2 is 2.04 bits per heavy atom. The molecular weight excluding hydrogens is 380 g/mol. The number of ether oxygens (including phenoxy) is 1. The van der Waals surface area contributed by atoms with Crippen LogP contribution in [0.15, 0.2) is 53.9 Å². The molecule has 1 amide bonds. The fraction of sp³-hybridized carbons (Fsp3) is 0.238. The summed E-state index contributed by atoms with van der Waals surface area (Å²) in [6, 6.07) is 15.3. The Bertz CT molecular complexity index is 924. The standard InChI is InChI=1S/C21H21ClN2O2S/c1-14(2)11-23-20(25)18-13-27-21(24-18)17-8-3-4-9-19(17)26-12-15-6-5-7-16(22)10-15/h3-10,13-14H,11-12H2,1-2H3,(H,23,25). The van der Waals surface area contributed by atoms with E-state index in [2.05, 4.69) is 24.1 Å². The van der Waals surface area contributed by atoms with Gasteiger partial charge in [0.1, 0.15) is 23.1 Å². The Morgan fingerprint density at radius 1 is 1.22 bits per heavy atom. The summed E-state index contributed by atoms with van der Waals surface area (Å²) in [5.41, 5.74) is 2.29. The highest BCUT2D eigenvalue weighted by Crippen LogP contribution is 2.32. The summed E-state index contributed by atoms with van der Waals surface area (Å²) >= 11 is 7.46. The smallest absolute Gasteiger partial charge is 0.270 e. The van der Waals surface area contributed by atoms with Crippen LogP contribution in [0.1, 0.15) is 29.9 Å². The zero-order valence-corrected chi connectivity index (χ0v) is 16.8. The van der Waals surface area contributed by atoms with E-state index in [1.165, 1.54) is 11.3 Å². The average Bonchev–Trinajstić information content (AvgIpc) is 3.15. The maximum atomic E-state index is 12.2. The monoisotopic (exact) mass is 400 g/mol. The van der Waals surface area contributed by atoms with Crippen molar-refractivity contribution in [1.82, 2.24) is 10.3 Å². The van der Waals surface area contributed by atoms with Crippen molar-refractivity contribution >= 4 is 28.8 Å². The van der Waals surface area contributed by atoms with Gasteiger partial charge in [0.2, 0.25) is 0 Å². The van der Waals surface area contributed by atoms with Crippen molar-refractivity contribution in [1.29, 1.82) is 0 Å². The summed E-state index contributed by atoms with van der Waals surface area (Å²) in [6.45, 7) is 5.15. The van der Waals surface area contributed by atoms with Gasteiger partial charge in [0.15, 0.2) is 0 Å². The molecule has 3 rings (SSSR count). The van der Waals surface area contributed by atoms with Crippen LogP contribution in [-0.4, -0.2) is 17.4 Å². The third-order valence-electron chi connectivity index (χ3n) is 3.81. The Hall–Kier alpha value is -2.37. The van der Waals surface area contributed by atoms with Gasteiger partial charge in [-0.05, 0) is 35.7 Å². The second-order valence-corrected chi connectivity index (χ2v) is 7.85. The molecule has 0 atom stereocenters. The Labute approximate surface area is 168 Å². The largest absolute Gasteiger partial charge is 0.488 e. The highest BCUT2D eigenvalue weighted by Gasteiger charge is 2.15. The van der Waals surface area contributed by atoms with E-state index in [1.54, 1.807) is 5.38 Å². The molecule has 1 heterocycles. The summed E-state index contributed by atoms with van der Waals surface area (Å²) in [7, 11) is 0. The van der Waals surface area contributed by atoms with Crippen molar-refractivity contribution in [2.45, 2.75) is 20.5 Å². The first-order chi connectivity index (χ1) is 13.0. The van der Waals surface area contributed by atoms with Gasteiger partial charge < -0.3 is 10.1 Å². The lowest BCUT2D eigenvalue weighted by Crippen LogP contribution is -2.27.